The Morgan fingerprint density at radius 2 is 1.60 bits per heavy atom. The zero-order valence-corrected chi connectivity index (χ0v) is 25.0. The van der Waals surface area contributed by atoms with Crippen molar-refractivity contribution in [2.75, 3.05) is 85.3 Å². The summed E-state index contributed by atoms with van der Waals surface area (Å²) in [7, 11) is 0. The van der Waals surface area contributed by atoms with E-state index in [0.29, 0.717) is 82.2 Å². The predicted molar refractivity (Wildman–Crippen MR) is 159 cm³/mol. The van der Waals surface area contributed by atoms with Gasteiger partial charge in [0.1, 0.15) is 11.4 Å². The first-order valence-corrected chi connectivity index (χ1v) is 14.9. The second-order valence-electron chi connectivity index (χ2n) is 10.8. The summed E-state index contributed by atoms with van der Waals surface area (Å²) in [5.41, 5.74) is 1.57. The Labute approximate surface area is 251 Å². The average Bonchev–Trinajstić information content (AvgIpc) is 3.02. The molecule has 0 saturated carbocycles. The van der Waals surface area contributed by atoms with Gasteiger partial charge in [-0.05, 0) is 31.0 Å². The van der Waals surface area contributed by atoms with Gasteiger partial charge in [0.05, 0.1) is 25.3 Å². The number of pyridine rings is 1. The van der Waals surface area contributed by atoms with Crippen molar-refractivity contribution in [1.82, 2.24) is 29.9 Å². The number of hydrogen-bond acceptors (Lipinski definition) is 9. The molecule has 2 aliphatic heterocycles. The van der Waals surface area contributed by atoms with Crippen LogP contribution < -0.4 is 10.1 Å². The number of unbranched alkanes of at least 4 members (excludes halogenated alkanes) is 1. The van der Waals surface area contributed by atoms with Crippen LogP contribution in [0.1, 0.15) is 35.8 Å². The number of nitrogens with one attached hydrogen (secondary N) is 1. The van der Waals surface area contributed by atoms with E-state index in [1.807, 2.05) is 32.0 Å². The number of hydrogen-bond donors (Lipinski definition) is 2. The lowest BCUT2D eigenvalue weighted by molar-refractivity contribution is -0.135. The number of piperazine rings is 2. The molecule has 2 fully saturated rings. The Morgan fingerprint density at radius 1 is 0.930 bits per heavy atom. The van der Waals surface area contributed by atoms with E-state index in [1.165, 1.54) is 6.07 Å². The molecule has 4 rings (SSSR count). The molecule has 2 aliphatic rings. The number of rotatable bonds is 11. The molecule has 0 bridgehead atoms. The molecule has 13 heteroatoms. The lowest BCUT2D eigenvalue weighted by Crippen LogP contribution is -2.52. The predicted octanol–water partition coefficient (Wildman–Crippen LogP) is 0.869. The quantitative estimate of drug-likeness (QED) is 0.360. The zero-order valence-electron chi connectivity index (χ0n) is 25.0. The number of aliphatic hydroxyl groups excluding tert-OH is 1. The number of nitrogens with zero attached hydrogens (tertiary/aromatic N) is 5. The van der Waals surface area contributed by atoms with Crippen molar-refractivity contribution in [1.29, 1.82) is 0 Å². The van der Waals surface area contributed by atoms with Crippen molar-refractivity contribution in [3.8, 4) is 5.75 Å². The van der Waals surface area contributed by atoms with Crippen molar-refractivity contribution in [3.63, 3.8) is 0 Å². The van der Waals surface area contributed by atoms with Gasteiger partial charge in [-0.2, -0.15) is 0 Å². The summed E-state index contributed by atoms with van der Waals surface area (Å²) in [6, 6.07) is 7.07. The standard InChI is InChI=1S/C30H42N6O7/c1-3-4-17-42-30(41)36-13-11-34(12-14-36)27(38)20-31-29(40)25-19-26(23-6-5-22(2)18-24(23)32-25)43-21-28(39)35-9-7-33(8-10-35)15-16-37/h5-6,18-19,37H,3-4,7-17,20-21H2,1-2H3,(H,31,40). The lowest BCUT2D eigenvalue weighted by Gasteiger charge is -2.34. The van der Waals surface area contributed by atoms with Crippen molar-refractivity contribution < 1.29 is 33.8 Å². The summed E-state index contributed by atoms with van der Waals surface area (Å²) in [5, 5.41) is 12.5. The Kier molecular flexibility index (Phi) is 11.5. The van der Waals surface area contributed by atoms with Gasteiger partial charge in [-0.25, -0.2) is 9.78 Å². The minimum absolute atomic E-state index is 0.0746. The summed E-state index contributed by atoms with van der Waals surface area (Å²) in [6.07, 6.45) is 1.38. The van der Waals surface area contributed by atoms with E-state index in [2.05, 4.69) is 15.2 Å². The Hall–Kier alpha value is -3.97. The number of carbonyl (C=O) groups excluding carboxylic acids is 4. The first-order valence-electron chi connectivity index (χ1n) is 14.9. The second-order valence-corrected chi connectivity index (χ2v) is 10.8. The smallest absolute Gasteiger partial charge is 0.409 e. The largest absolute Gasteiger partial charge is 0.483 e. The number of ether oxygens (including phenoxy) is 2. The van der Waals surface area contributed by atoms with Crippen LogP contribution in [-0.4, -0.2) is 139 Å². The third-order valence-electron chi connectivity index (χ3n) is 7.67. The molecule has 0 radical (unpaired) electrons. The van der Waals surface area contributed by atoms with E-state index in [1.54, 1.807) is 14.7 Å². The molecule has 4 amide bonds. The maximum Gasteiger partial charge on any atom is 0.409 e. The highest BCUT2D eigenvalue weighted by atomic mass is 16.6. The molecule has 0 unspecified atom stereocenters. The van der Waals surface area contributed by atoms with Crippen LogP contribution in [0.4, 0.5) is 4.79 Å². The summed E-state index contributed by atoms with van der Waals surface area (Å²) >= 11 is 0. The van der Waals surface area contributed by atoms with E-state index < -0.39 is 5.91 Å². The van der Waals surface area contributed by atoms with Crippen molar-refractivity contribution in [2.24, 2.45) is 0 Å². The summed E-state index contributed by atoms with van der Waals surface area (Å²) in [5.74, 6) is -0.599. The number of β-amino-alcohol motifs (C(OH)–C–C–N with tert-alkyl or cyclic N) is 1. The normalized spacial score (nSPS) is 15.8. The molecule has 2 saturated heterocycles. The van der Waals surface area contributed by atoms with Crippen molar-refractivity contribution >= 4 is 34.7 Å². The summed E-state index contributed by atoms with van der Waals surface area (Å²) < 4.78 is 11.2. The molecule has 2 aromatic rings. The first-order chi connectivity index (χ1) is 20.8. The Bertz CT molecular complexity index is 1290. The van der Waals surface area contributed by atoms with Gasteiger partial charge in [0.2, 0.25) is 5.91 Å². The lowest BCUT2D eigenvalue weighted by atomic mass is 10.1. The Balaban J connectivity index is 1.33. The van der Waals surface area contributed by atoms with Gasteiger partial charge in [-0.1, -0.05) is 19.4 Å². The second kappa shape index (κ2) is 15.5. The third-order valence-corrected chi connectivity index (χ3v) is 7.67. The zero-order chi connectivity index (χ0) is 30.8. The van der Waals surface area contributed by atoms with Crippen LogP contribution in [0.5, 0.6) is 5.75 Å². The molecular formula is C30H42N6O7. The van der Waals surface area contributed by atoms with Crippen LogP contribution in [0.2, 0.25) is 0 Å². The van der Waals surface area contributed by atoms with Gasteiger partial charge in [-0.3, -0.25) is 19.3 Å². The van der Waals surface area contributed by atoms with Gasteiger partial charge in [0.15, 0.2) is 6.61 Å². The minimum atomic E-state index is -0.536. The molecule has 234 valence electrons. The molecule has 0 spiro atoms. The highest BCUT2D eigenvalue weighted by Crippen LogP contribution is 2.27. The minimum Gasteiger partial charge on any atom is -0.483 e. The Morgan fingerprint density at radius 3 is 2.30 bits per heavy atom. The highest BCUT2D eigenvalue weighted by molar-refractivity contribution is 5.98. The molecule has 2 N–H and O–H groups in total. The van der Waals surface area contributed by atoms with Crippen LogP contribution in [0.3, 0.4) is 0 Å². The fourth-order valence-electron chi connectivity index (χ4n) is 5.03. The van der Waals surface area contributed by atoms with E-state index in [9.17, 15) is 19.2 Å². The van der Waals surface area contributed by atoms with Crippen molar-refractivity contribution in [3.05, 3.63) is 35.5 Å². The van der Waals surface area contributed by atoms with Crippen molar-refractivity contribution in [2.45, 2.75) is 26.7 Å². The fraction of sp³-hybridized carbons (Fsp3) is 0.567. The number of carbonyl (C=O) groups is 4. The van der Waals surface area contributed by atoms with Crippen LogP contribution in [0, 0.1) is 6.92 Å². The van der Waals surface area contributed by atoms with Gasteiger partial charge in [0.25, 0.3) is 11.8 Å². The van der Waals surface area contributed by atoms with Crippen LogP contribution in [0.15, 0.2) is 24.3 Å². The summed E-state index contributed by atoms with van der Waals surface area (Å²) in [6.45, 7) is 8.52. The summed E-state index contributed by atoms with van der Waals surface area (Å²) in [4.78, 5) is 62.4. The molecule has 1 aromatic carbocycles. The topological polar surface area (TPSA) is 145 Å². The number of fused-ring (bicyclic) bond motifs is 1. The van der Waals surface area contributed by atoms with Crippen LogP contribution in [-0.2, 0) is 14.3 Å². The number of amides is 4. The molecule has 1 aromatic heterocycles. The van der Waals surface area contributed by atoms with Crippen LogP contribution in [0.25, 0.3) is 10.9 Å². The molecular weight excluding hydrogens is 556 g/mol. The fourth-order valence-corrected chi connectivity index (χ4v) is 5.03. The molecule has 3 heterocycles. The van der Waals surface area contributed by atoms with Gasteiger partial charge in [0, 0.05) is 70.4 Å². The van der Waals surface area contributed by atoms with Crippen LogP contribution >= 0.6 is 0 Å². The van der Waals surface area contributed by atoms with E-state index in [4.69, 9.17) is 14.6 Å². The first kappa shape index (κ1) is 32.0. The van der Waals surface area contributed by atoms with E-state index in [0.717, 1.165) is 18.4 Å². The number of benzene rings is 1. The maximum atomic E-state index is 13.1. The SMILES string of the molecule is CCCCOC(=O)N1CCN(C(=O)CNC(=O)c2cc(OCC(=O)N3CCN(CCO)CC3)c3ccc(C)cc3n2)CC1. The van der Waals surface area contributed by atoms with Gasteiger partial charge >= 0.3 is 6.09 Å². The average molecular weight is 599 g/mol. The number of aliphatic hydroxyl groups is 1. The molecule has 43 heavy (non-hydrogen) atoms. The molecule has 0 atom stereocenters. The third kappa shape index (κ3) is 8.77. The van der Waals surface area contributed by atoms with E-state index in [-0.39, 0.29) is 43.4 Å². The van der Waals surface area contributed by atoms with Gasteiger partial charge < -0.3 is 34.6 Å². The number of aryl methyl sites for hydroxylation is 1. The monoisotopic (exact) mass is 598 g/mol. The van der Waals surface area contributed by atoms with E-state index >= 15 is 0 Å². The van der Waals surface area contributed by atoms with Gasteiger partial charge in [-0.15, -0.1) is 0 Å². The molecule has 13 nitrogen and oxygen atoms in total. The highest BCUT2D eigenvalue weighted by Gasteiger charge is 2.26. The maximum absolute atomic E-state index is 13.1. The number of aromatic nitrogens is 1. The molecule has 0 aliphatic carbocycles.